The Hall–Kier alpha value is -2.02. The zero-order valence-corrected chi connectivity index (χ0v) is 14.9. The summed E-state index contributed by atoms with van der Waals surface area (Å²) in [5, 5.41) is 14.4. The maximum Gasteiger partial charge on any atom is 0.326 e. The Bertz CT molecular complexity index is 563. The number of amides is 2. The van der Waals surface area contributed by atoms with Crippen LogP contribution in [0.3, 0.4) is 0 Å². The Morgan fingerprint density at radius 1 is 1.12 bits per heavy atom. The van der Waals surface area contributed by atoms with Crippen LogP contribution in [0.15, 0.2) is 30.3 Å². The molecule has 0 saturated carbocycles. The molecule has 0 spiro atoms. The summed E-state index contributed by atoms with van der Waals surface area (Å²) in [4.78, 5) is 35.9. The third-order valence-electron chi connectivity index (χ3n) is 3.50. The van der Waals surface area contributed by atoms with Crippen molar-refractivity contribution >= 4 is 29.5 Å². The van der Waals surface area contributed by atoms with Crippen molar-refractivity contribution in [3.8, 4) is 0 Å². The van der Waals surface area contributed by atoms with Gasteiger partial charge < -0.3 is 15.7 Å². The molecule has 0 aromatic heterocycles. The standard InChI is InChI=1S/C17H24N2O4S/c1-11(2)14(19-15(20)12-7-5-4-6-8-12)16(21)18-13(17(22)23)9-10-24-3/h4-8,11,13-14H,9-10H2,1-3H3,(H,18,21)(H,19,20)(H,22,23). The van der Waals surface area contributed by atoms with E-state index in [1.54, 1.807) is 44.2 Å². The number of carboxylic acid groups (broad SMARTS) is 1. The lowest BCUT2D eigenvalue weighted by Gasteiger charge is -2.24. The van der Waals surface area contributed by atoms with Gasteiger partial charge >= 0.3 is 5.97 Å². The minimum absolute atomic E-state index is 0.173. The van der Waals surface area contributed by atoms with Gasteiger partial charge in [0.05, 0.1) is 0 Å². The van der Waals surface area contributed by atoms with Gasteiger partial charge in [-0.15, -0.1) is 0 Å². The van der Waals surface area contributed by atoms with Crippen LogP contribution in [-0.4, -0.2) is 47.0 Å². The van der Waals surface area contributed by atoms with Crippen molar-refractivity contribution in [1.82, 2.24) is 10.6 Å². The van der Waals surface area contributed by atoms with E-state index in [1.807, 2.05) is 6.26 Å². The fourth-order valence-electron chi connectivity index (χ4n) is 2.10. The molecule has 2 amide bonds. The van der Waals surface area contributed by atoms with Crippen LogP contribution >= 0.6 is 11.8 Å². The van der Waals surface area contributed by atoms with Gasteiger partial charge in [-0.05, 0) is 36.5 Å². The van der Waals surface area contributed by atoms with Gasteiger partial charge in [0.25, 0.3) is 5.91 Å². The van der Waals surface area contributed by atoms with E-state index in [0.29, 0.717) is 17.7 Å². The van der Waals surface area contributed by atoms with E-state index in [0.717, 1.165) is 0 Å². The highest BCUT2D eigenvalue weighted by atomic mass is 32.2. The third-order valence-corrected chi connectivity index (χ3v) is 4.14. The first-order valence-electron chi connectivity index (χ1n) is 7.74. The number of carboxylic acids is 1. The van der Waals surface area contributed by atoms with E-state index in [2.05, 4.69) is 10.6 Å². The van der Waals surface area contributed by atoms with Crippen molar-refractivity contribution in [2.24, 2.45) is 5.92 Å². The molecule has 0 saturated heterocycles. The van der Waals surface area contributed by atoms with E-state index < -0.39 is 24.0 Å². The summed E-state index contributed by atoms with van der Waals surface area (Å²) in [6.07, 6.45) is 2.21. The average molecular weight is 352 g/mol. The molecule has 0 aliphatic carbocycles. The Balaban J connectivity index is 2.77. The topological polar surface area (TPSA) is 95.5 Å². The minimum atomic E-state index is -1.07. The average Bonchev–Trinajstić information content (AvgIpc) is 2.56. The lowest BCUT2D eigenvalue weighted by molar-refractivity contribution is -0.142. The number of hydrogen-bond acceptors (Lipinski definition) is 4. The SMILES string of the molecule is CSCCC(NC(=O)C(NC(=O)c1ccccc1)C(C)C)C(=O)O. The minimum Gasteiger partial charge on any atom is -0.480 e. The number of aliphatic carboxylic acids is 1. The highest BCUT2D eigenvalue weighted by molar-refractivity contribution is 7.98. The Morgan fingerprint density at radius 3 is 2.25 bits per heavy atom. The zero-order valence-electron chi connectivity index (χ0n) is 14.1. The van der Waals surface area contributed by atoms with Gasteiger partial charge in [-0.3, -0.25) is 9.59 Å². The molecule has 3 N–H and O–H groups in total. The number of rotatable bonds is 9. The van der Waals surface area contributed by atoms with Gasteiger partial charge in [-0.1, -0.05) is 32.0 Å². The molecule has 24 heavy (non-hydrogen) atoms. The molecule has 0 fully saturated rings. The van der Waals surface area contributed by atoms with E-state index in [-0.39, 0.29) is 11.8 Å². The van der Waals surface area contributed by atoms with Crippen molar-refractivity contribution in [3.05, 3.63) is 35.9 Å². The van der Waals surface area contributed by atoms with Gasteiger partial charge in [-0.25, -0.2) is 4.79 Å². The molecular weight excluding hydrogens is 328 g/mol. The van der Waals surface area contributed by atoms with Crippen LogP contribution in [-0.2, 0) is 9.59 Å². The first kappa shape index (κ1) is 20.0. The van der Waals surface area contributed by atoms with Gasteiger partial charge in [0, 0.05) is 5.56 Å². The Kier molecular flexibility index (Phi) is 8.32. The van der Waals surface area contributed by atoms with E-state index >= 15 is 0 Å². The molecule has 0 heterocycles. The molecule has 0 radical (unpaired) electrons. The highest BCUT2D eigenvalue weighted by Crippen LogP contribution is 2.07. The molecule has 0 aliphatic rings. The van der Waals surface area contributed by atoms with Crippen LogP contribution in [0, 0.1) is 5.92 Å². The van der Waals surface area contributed by atoms with Crippen molar-refractivity contribution < 1.29 is 19.5 Å². The van der Waals surface area contributed by atoms with Crippen LogP contribution in [0.1, 0.15) is 30.6 Å². The normalized spacial score (nSPS) is 13.2. The largest absolute Gasteiger partial charge is 0.480 e. The summed E-state index contributed by atoms with van der Waals surface area (Å²) in [6.45, 7) is 3.60. The molecule has 2 atom stereocenters. The first-order chi connectivity index (χ1) is 11.4. The summed E-state index contributed by atoms with van der Waals surface area (Å²) in [6, 6.07) is 6.83. The quantitative estimate of drug-likeness (QED) is 0.629. The first-order valence-corrected chi connectivity index (χ1v) is 9.14. The van der Waals surface area contributed by atoms with Gasteiger partial charge in [0.2, 0.25) is 5.91 Å². The number of thioether (sulfide) groups is 1. The molecule has 6 nitrogen and oxygen atoms in total. The molecule has 0 bridgehead atoms. The van der Waals surface area contributed by atoms with Crippen LogP contribution in [0.4, 0.5) is 0 Å². The van der Waals surface area contributed by atoms with E-state index in [9.17, 15) is 19.5 Å². The fourth-order valence-corrected chi connectivity index (χ4v) is 2.58. The second-order valence-electron chi connectivity index (χ2n) is 5.74. The molecule has 1 rings (SSSR count). The predicted octanol–water partition coefficient (Wildman–Crippen LogP) is 1.76. The third kappa shape index (κ3) is 6.23. The van der Waals surface area contributed by atoms with Crippen LogP contribution < -0.4 is 10.6 Å². The molecule has 132 valence electrons. The smallest absolute Gasteiger partial charge is 0.326 e. The predicted molar refractivity (Wildman–Crippen MR) is 95.1 cm³/mol. The zero-order chi connectivity index (χ0) is 18.1. The number of carbonyl (C=O) groups is 3. The summed E-state index contributed by atoms with van der Waals surface area (Å²) >= 11 is 1.51. The van der Waals surface area contributed by atoms with Crippen molar-refractivity contribution in [3.63, 3.8) is 0 Å². The monoisotopic (exact) mass is 352 g/mol. The van der Waals surface area contributed by atoms with Crippen LogP contribution in [0.25, 0.3) is 0 Å². The van der Waals surface area contributed by atoms with Gasteiger partial charge in [0.15, 0.2) is 0 Å². The summed E-state index contributed by atoms with van der Waals surface area (Å²) in [7, 11) is 0. The summed E-state index contributed by atoms with van der Waals surface area (Å²) in [5.74, 6) is -1.47. The van der Waals surface area contributed by atoms with E-state index in [4.69, 9.17) is 0 Å². The fraction of sp³-hybridized carbons (Fsp3) is 0.471. The van der Waals surface area contributed by atoms with Crippen LogP contribution in [0.5, 0.6) is 0 Å². The maximum atomic E-state index is 12.4. The molecule has 2 unspecified atom stereocenters. The molecule has 1 aromatic rings. The van der Waals surface area contributed by atoms with Gasteiger partial charge in [0.1, 0.15) is 12.1 Å². The number of nitrogens with one attached hydrogen (secondary N) is 2. The van der Waals surface area contributed by atoms with Crippen molar-refractivity contribution in [1.29, 1.82) is 0 Å². The van der Waals surface area contributed by atoms with Gasteiger partial charge in [-0.2, -0.15) is 11.8 Å². The molecule has 0 aliphatic heterocycles. The maximum absolute atomic E-state index is 12.4. The number of benzene rings is 1. The molecule has 1 aromatic carbocycles. The van der Waals surface area contributed by atoms with Crippen LogP contribution in [0.2, 0.25) is 0 Å². The molecular formula is C17H24N2O4S. The second kappa shape index (κ2) is 9.97. The lowest BCUT2D eigenvalue weighted by atomic mass is 10.0. The number of carbonyl (C=O) groups excluding carboxylic acids is 2. The summed E-state index contributed by atoms with van der Waals surface area (Å²) < 4.78 is 0. The Morgan fingerprint density at radius 2 is 1.75 bits per heavy atom. The van der Waals surface area contributed by atoms with E-state index in [1.165, 1.54) is 11.8 Å². The van der Waals surface area contributed by atoms with Crippen molar-refractivity contribution in [2.75, 3.05) is 12.0 Å². The molecule has 7 heteroatoms. The highest BCUT2D eigenvalue weighted by Gasteiger charge is 2.28. The van der Waals surface area contributed by atoms with Crippen molar-refractivity contribution in [2.45, 2.75) is 32.4 Å². The second-order valence-corrected chi connectivity index (χ2v) is 6.73. The number of hydrogen-bond donors (Lipinski definition) is 3. The lowest BCUT2D eigenvalue weighted by Crippen LogP contribution is -2.53. The Labute approximate surface area is 146 Å². The summed E-state index contributed by atoms with van der Waals surface area (Å²) in [5.41, 5.74) is 0.452.